The molecule has 0 unspecified atom stereocenters. The molecule has 0 bridgehead atoms. The SMILES string of the molecule is CCN[C@H](C)CNC(=O)CCCOc1ccc(F)cc1. The normalized spacial score (nSPS) is 11.9. The topological polar surface area (TPSA) is 50.4 Å². The summed E-state index contributed by atoms with van der Waals surface area (Å²) in [6.45, 7) is 6.03. The van der Waals surface area contributed by atoms with E-state index in [0.717, 1.165) is 6.54 Å². The van der Waals surface area contributed by atoms with Crippen LogP contribution in [0, 0.1) is 5.82 Å². The van der Waals surface area contributed by atoms with Gasteiger partial charge in [0.2, 0.25) is 5.91 Å². The average Bonchev–Trinajstić information content (AvgIpc) is 2.43. The zero-order chi connectivity index (χ0) is 14.8. The van der Waals surface area contributed by atoms with E-state index in [-0.39, 0.29) is 17.8 Å². The molecule has 1 amide bonds. The molecule has 1 aromatic rings. The van der Waals surface area contributed by atoms with Gasteiger partial charge in [0.1, 0.15) is 11.6 Å². The van der Waals surface area contributed by atoms with E-state index in [1.165, 1.54) is 12.1 Å². The zero-order valence-electron chi connectivity index (χ0n) is 12.1. The fraction of sp³-hybridized carbons (Fsp3) is 0.533. The van der Waals surface area contributed by atoms with Gasteiger partial charge < -0.3 is 15.4 Å². The molecule has 0 aromatic heterocycles. The largest absolute Gasteiger partial charge is 0.494 e. The maximum absolute atomic E-state index is 12.7. The standard InChI is InChI=1S/C15H23FN2O2/c1-3-17-12(2)11-18-15(19)5-4-10-20-14-8-6-13(16)7-9-14/h6-9,12,17H,3-5,10-11H2,1-2H3,(H,18,19)/t12-/m1/s1. The quantitative estimate of drug-likeness (QED) is 0.682. The first-order valence-electron chi connectivity index (χ1n) is 7.00. The molecule has 0 saturated carbocycles. The third kappa shape index (κ3) is 7.09. The van der Waals surface area contributed by atoms with Crippen molar-refractivity contribution in [3.63, 3.8) is 0 Å². The molecule has 0 heterocycles. The predicted molar refractivity (Wildman–Crippen MR) is 77.3 cm³/mol. The van der Waals surface area contributed by atoms with Gasteiger partial charge in [0.15, 0.2) is 0 Å². The van der Waals surface area contributed by atoms with Crippen molar-refractivity contribution in [1.29, 1.82) is 0 Å². The summed E-state index contributed by atoms with van der Waals surface area (Å²) in [7, 11) is 0. The molecule has 5 heteroatoms. The van der Waals surface area contributed by atoms with Crippen LogP contribution in [-0.2, 0) is 4.79 Å². The molecule has 0 fully saturated rings. The number of ether oxygens (including phenoxy) is 1. The molecule has 112 valence electrons. The van der Waals surface area contributed by atoms with Crippen LogP contribution in [0.5, 0.6) is 5.75 Å². The average molecular weight is 282 g/mol. The first-order chi connectivity index (χ1) is 9.61. The summed E-state index contributed by atoms with van der Waals surface area (Å²) < 4.78 is 18.1. The minimum absolute atomic E-state index is 0.0254. The molecule has 0 aliphatic carbocycles. The summed E-state index contributed by atoms with van der Waals surface area (Å²) in [5, 5.41) is 6.09. The van der Waals surface area contributed by atoms with Gasteiger partial charge in [-0.2, -0.15) is 0 Å². The number of hydrogen-bond acceptors (Lipinski definition) is 3. The van der Waals surface area contributed by atoms with E-state index in [9.17, 15) is 9.18 Å². The number of nitrogens with one attached hydrogen (secondary N) is 2. The van der Waals surface area contributed by atoms with Crippen molar-refractivity contribution >= 4 is 5.91 Å². The Kier molecular flexibility index (Phi) is 7.65. The second-order valence-electron chi connectivity index (χ2n) is 4.67. The molecule has 20 heavy (non-hydrogen) atoms. The summed E-state index contributed by atoms with van der Waals surface area (Å²) in [6, 6.07) is 6.13. The first kappa shape index (κ1) is 16.4. The number of halogens is 1. The van der Waals surface area contributed by atoms with Gasteiger partial charge in [0.25, 0.3) is 0 Å². The Morgan fingerprint density at radius 1 is 1.35 bits per heavy atom. The lowest BCUT2D eigenvalue weighted by atomic mass is 10.3. The molecule has 0 aliphatic rings. The van der Waals surface area contributed by atoms with Crippen LogP contribution >= 0.6 is 0 Å². The highest BCUT2D eigenvalue weighted by molar-refractivity contribution is 5.75. The molecular weight excluding hydrogens is 259 g/mol. The van der Waals surface area contributed by atoms with Crippen LogP contribution in [0.1, 0.15) is 26.7 Å². The lowest BCUT2D eigenvalue weighted by Gasteiger charge is -2.13. The Morgan fingerprint density at radius 2 is 2.05 bits per heavy atom. The molecule has 1 aromatic carbocycles. The minimum atomic E-state index is -0.286. The van der Waals surface area contributed by atoms with Gasteiger partial charge in [-0.05, 0) is 44.2 Å². The summed E-state index contributed by atoms with van der Waals surface area (Å²) in [4.78, 5) is 11.6. The highest BCUT2D eigenvalue weighted by atomic mass is 19.1. The van der Waals surface area contributed by atoms with Gasteiger partial charge in [-0.15, -0.1) is 0 Å². The van der Waals surface area contributed by atoms with E-state index in [1.54, 1.807) is 12.1 Å². The van der Waals surface area contributed by atoms with Crippen LogP contribution in [0.2, 0.25) is 0 Å². The van der Waals surface area contributed by atoms with E-state index in [2.05, 4.69) is 10.6 Å². The van der Waals surface area contributed by atoms with Crippen LogP contribution in [-0.4, -0.2) is 31.6 Å². The number of benzene rings is 1. The van der Waals surface area contributed by atoms with Crippen molar-refractivity contribution in [1.82, 2.24) is 10.6 Å². The Balaban J connectivity index is 2.08. The molecule has 4 nitrogen and oxygen atoms in total. The summed E-state index contributed by atoms with van der Waals surface area (Å²) in [5.41, 5.74) is 0. The Labute approximate surface area is 119 Å². The van der Waals surface area contributed by atoms with Gasteiger partial charge in [-0.3, -0.25) is 4.79 Å². The van der Waals surface area contributed by atoms with Crippen LogP contribution in [0.25, 0.3) is 0 Å². The Hall–Kier alpha value is -1.62. The number of carbonyl (C=O) groups excluding carboxylic acids is 1. The van der Waals surface area contributed by atoms with Gasteiger partial charge in [0, 0.05) is 19.0 Å². The minimum Gasteiger partial charge on any atom is -0.494 e. The maximum Gasteiger partial charge on any atom is 0.220 e. The van der Waals surface area contributed by atoms with E-state index < -0.39 is 0 Å². The molecule has 1 atom stereocenters. The van der Waals surface area contributed by atoms with Gasteiger partial charge in [0.05, 0.1) is 6.61 Å². The van der Waals surface area contributed by atoms with Gasteiger partial charge in [-0.1, -0.05) is 6.92 Å². The second-order valence-corrected chi connectivity index (χ2v) is 4.67. The Morgan fingerprint density at radius 3 is 2.70 bits per heavy atom. The highest BCUT2D eigenvalue weighted by Gasteiger charge is 2.04. The number of hydrogen-bond donors (Lipinski definition) is 2. The smallest absolute Gasteiger partial charge is 0.220 e. The van der Waals surface area contributed by atoms with Crippen LogP contribution in [0.3, 0.4) is 0 Å². The van der Waals surface area contributed by atoms with Crippen molar-refractivity contribution in [2.45, 2.75) is 32.7 Å². The van der Waals surface area contributed by atoms with E-state index in [4.69, 9.17) is 4.74 Å². The number of amides is 1. The molecule has 2 N–H and O–H groups in total. The lowest BCUT2D eigenvalue weighted by Crippen LogP contribution is -2.38. The second kappa shape index (κ2) is 9.31. The van der Waals surface area contributed by atoms with Crippen molar-refractivity contribution < 1.29 is 13.9 Å². The van der Waals surface area contributed by atoms with Crippen molar-refractivity contribution in [3.8, 4) is 5.75 Å². The lowest BCUT2D eigenvalue weighted by molar-refractivity contribution is -0.121. The zero-order valence-corrected chi connectivity index (χ0v) is 12.1. The fourth-order valence-corrected chi connectivity index (χ4v) is 1.73. The summed E-state index contributed by atoms with van der Waals surface area (Å²) >= 11 is 0. The summed E-state index contributed by atoms with van der Waals surface area (Å²) in [6.07, 6.45) is 1.07. The highest BCUT2D eigenvalue weighted by Crippen LogP contribution is 2.11. The molecule has 0 radical (unpaired) electrons. The van der Waals surface area contributed by atoms with Crippen molar-refractivity contribution in [2.75, 3.05) is 19.7 Å². The third-order valence-electron chi connectivity index (χ3n) is 2.79. The van der Waals surface area contributed by atoms with E-state index in [1.807, 2.05) is 13.8 Å². The van der Waals surface area contributed by atoms with Gasteiger partial charge in [-0.25, -0.2) is 4.39 Å². The summed E-state index contributed by atoms with van der Waals surface area (Å²) in [5.74, 6) is 0.358. The van der Waals surface area contributed by atoms with Crippen molar-refractivity contribution in [2.24, 2.45) is 0 Å². The van der Waals surface area contributed by atoms with Crippen LogP contribution < -0.4 is 15.4 Å². The fourth-order valence-electron chi connectivity index (χ4n) is 1.73. The Bertz CT molecular complexity index is 395. The molecule has 1 rings (SSSR count). The molecule has 0 aliphatic heterocycles. The van der Waals surface area contributed by atoms with Crippen molar-refractivity contribution in [3.05, 3.63) is 30.1 Å². The number of carbonyl (C=O) groups is 1. The first-order valence-corrected chi connectivity index (χ1v) is 7.00. The predicted octanol–water partition coefficient (Wildman–Crippen LogP) is 2.10. The third-order valence-corrected chi connectivity index (χ3v) is 2.79. The van der Waals surface area contributed by atoms with E-state index in [0.29, 0.717) is 31.7 Å². The monoisotopic (exact) mass is 282 g/mol. The molecule has 0 spiro atoms. The number of likely N-dealkylation sites (N-methyl/N-ethyl adjacent to an activating group) is 1. The van der Waals surface area contributed by atoms with Crippen LogP contribution in [0.15, 0.2) is 24.3 Å². The molecule has 0 saturated heterocycles. The van der Waals surface area contributed by atoms with Crippen LogP contribution in [0.4, 0.5) is 4.39 Å². The van der Waals surface area contributed by atoms with Gasteiger partial charge >= 0.3 is 0 Å². The van der Waals surface area contributed by atoms with E-state index >= 15 is 0 Å². The molecular formula is C15H23FN2O2. The number of rotatable bonds is 9. The maximum atomic E-state index is 12.7.